The van der Waals surface area contributed by atoms with Crippen molar-refractivity contribution in [1.82, 2.24) is 0 Å². The van der Waals surface area contributed by atoms with Crippen molar-refractivity contribution in [2.45, 2.75) is 39.2 Å². The van der Waals surface area contributed by atoms with E-state index in [-0.39, 0.29) is 5.97 Å². The number of esters is 1. The molecule has 0 aromatic heterocycles. The van der Waals surface area contributed by atoms with E-state index in [2.05, 4.69) is 12.2 Å². The van der Waals surface area contributed by atoms with Crippen LogP contribution in [0, 0.1) is 5.92 Å². The van der Waals surface area contributed by atoms with Gasteiger partial charge >= 0.3 is 5.97 Å². The van der Waals surface area contributed by atoms with Crippen molar-refractivity contribution in [1.29, 1.82) is 0 Å². The second kappa shape index (κ2) is 5.95. The van der Waals surface area contributed by atoms with E-state index in [1.807, 2.05) is 0 Å². The van der Waals surface area contributed by atoms with Gasteiger partial charge in [0.15, 0.2) is 0 Å². The lowest BCUT2D eigenvalue weighted by Gasteiger charge is -2.11. The standard InChI is InChI=1S/C15H22N2O2/c1-3-5-10-8-13(10)17-14-9-11(6-7-12(14)16)15(18)19-4-2/h6-7,9-10,13,17H,3-5,8,16H2,1-2H3. The SMILES string of the molecule is CCCC1CC1Nc1cc(C(=O)OCC)ccc1N. The fourth-order valence-corrected chi connectivity index (χ4v) is 2.34. The molecule has 0 heterocycles. The number of nitrogens with one attached hydrogen (secondary N) is 1. The lowest BCUT2D eigenvalue weighted by molar-refractivity contribution is 0.0526. The van der Waals surface area contributed by atoms with Crippen LogP contribution < -0.4 is 11.1 Å². The van der Waals surface area contributed by atoms with Gasteiger partial charge in [-0.1, -0.05) is 13.3 Å². The molecule has 19 heavy (non-hydrogen) atoms. The Kier molecular flexibility index (Phi) is 4.30. The van der Waals surface area contributed by atoms with Crippen molar-refractivity contribution < 1.29 is 9.53 Å². The minimum Gasteiger partial charge on any atom is -0.462 e. The minimum atomic E-state index is -0.300. The first-order chi connectivity index (χ1) is 9.15. The van der Waals surface area contributed by atoms with Crippen LogP contribution >= 0.6 is 0 Å². The predicted octanol–water partition coefficient (Wildman–Crippen LogP) is 3.05. The summed E-state index contributed by atoms with van der Waals surface area (Å²) in [6.07, 6.45) is 3.65. The van der Waals surface area contributed by atoms with E-state index in [1.54, 1.807) is 25.1 Å². The van der Waals surface area contributed by atoms with Crippen LogP contribution in [0.3, 0.4) is 0 Å². The summed E-state index contributed by atoms with van der Waals surface area (Å²) < 4.78 is 5.00. The Morgan fingerprint density at radius 2 is 2.26 bits per heavy atom. The number of rotatable bonds is 6. The Morgan fingerprint density at radius 1 is 1.47 bits per heavy atom. The van der Waals surface area contributed by atoms with Crippen LogP contribution in [0.2, 0.25) is 0 Å². The van der Waals surface area contributed by atoms with E-state index in [9.17, 15) is 4.79 Å². The van der Waals surface area contributed by atoms with Crippen LogP contribution in [0.15, 0.2) is 18.2 Å². The molecule has 1 aliphatic rings. The largest absolute Gasteiger partial charge is 0.462 e. The Morgan fingerprint density at radius 3 is 2.95 bits per heavy atom. The molecule has 4 nitrogen and oxygen atoms in total. The maximum absolute atomic E-state index is 11.7. The quantitative estimate of drug-likeness (QED) is 0.611. The van der Waals surface area contributed by atoms with Gasteiger partial charge in [0.2, 0.25) is 0 Å². The summed E-state index contributed by atoms with van der Waals surface area (Å²) in [6, 6.07) is 5.75. The molecule has 1 aromatic rings. The van der Waals surface area contributed by atoms with Gasteiger partial charge in [-0.15, -0.1) is 0 Å². The number of hydrogen-bond acceptors (Lipinski definition) is 4. The Hall–Kier alpha value is -1.71. The average Bonchev–Trinajstić information content (AvgIpc) is 3.11. The summed E-state index contributed by atoms with van der Waals surface area (Å²) in [5.41, 5.74) is 8.01. The minimum absolute atomic E-state index is 0.300. The molecule has 0 spiro atoms. The molecule has 1 aromatic carbocycles. The van der Waals surface area contributed by atoms with Gasteiger partial charge in [-0.3, -0.25) is 0 Å². The van der Waals surface area contributed by atoms with E-state index in [0.29, 0.717) is 23.9 Å². The lowest BCUT2D eigenvalue weighted by atomic mass is 10.1. The summed E-state index contributed by atoms with van der Waals surface area (Å²) in [5.74, 6) is 0.446. The van der Waals surface area contributed by atoms with Gasteiger partial charge in [0.1, 0.15) is 0 Å². The maximum Gasteiger partial charge on any atom is 0.338 e. The summed E-state index contributed by atoms with van der Waals surface area (Å²) in [5, 5.41) is 3.42. The molecule has 0 aliphatic heterocycles. The van der Waals surface area contributed by atoms with Crippen LogP contribution in [-0.2, 0) is 4.74 Å². The molecule has 2 rings (SSSR count). The first-order valence-electron chi connectivity index (χ1n) is 6.98. The zero-order valence-electron chi connectivity index (χ0n) is 11.6. The number of nitrogens with two attached hydrogens (primary N) is 1. The van der Waals surface area contributed by atoms with E-state index in [4.69, 9.17) is 10.5 Å². The first kappa shape index (κ1) is 13.7. The normalized spacial score (nSPS) is 20.9. The molecule has 0 amide bonds. The molecule has 1 saturated carbocycles. The van der Waals surface area contributed by atoms with Crippen LogP contribution in [0.1, 0.15) is 43.5 Å². The smallest absolute Gasteiger partial charge is 0.338 e. The summed E-state index contributed by atoms with van der Waals surface area (Å²) in [6.45, 7) is 4.38. The van der Waals surface area contributed by atoms with E-state index in [0.717, 1.165) is 11.6 Å². The monoisotopic (exact) mass is 262 g/mol. The van der Waals surface area contributed by atoms with Crippen LogP contribution in [0.5, 0.6) is 0 Å². The van der Waals surface area contributed by atoms with Gasteiger partial charge in [0.05, 0.1) is 23.5 Å². The van der Waals surface area contributed by atoms with Gasteiger partial charge < -0.3 is 15.8 Å². The number of benzene rings is 1. The van der Waals surface area contributed by atoms with Crippen LogP contribution in [0.25, 0.3) is 0 Å². The fraction of sp³-hybridized carbons (Fsp3) is 0.533. The van der Waals surface area contributed by atoms with Crippen molar-refractivity contribution in [2.75, 3.05) is 17.7 Å². The third-order valence-electron chi connectivity index (χ3n) is 3.49. The zero-order chi connectivity index (χ0) is 13.8. The molecular weight excluding hydrogens is 240 g/mol. The summed E-state index contributed by atoms with van der Waals surface area (Å²) >= 11 is 0. The van der Waals surface area contributed by atoms with E-state index in [1.165, 1.54) is 19.3 Å². The van der Waals surface area contributed by atoms with Crippen molar-refractivity contribution in [3.05, 3.63) is 23.8 Å². The number of hydrogen-bond donors (Lipinski definition) is 2. The Balaban J connectivity index is 2.04. The molecule has 0 saturated heterocycles. The second-order valence-electron chi connectivity index (χ2n) is 5.06. The fourth-order valence-electron chi connectivity index (χ4n) is 2.34. The molecule has 2 atom stereocenters. The molecule has 1 fully saturated rings. The molecule has 1 aliphatic carbocycles. The number of carbonyl (C=O) groups excluding carboxylic acids is 1. The predicted molar refractivity (Wildman–Crippen MR) is 77.2 cm³/mol. The molecule has 0 radical (unpaired) electrons. The molecule has 4 heteroatoms. The van der Waals surface area contributed by atoms with Crippen molar-refractivity contribution in [2.24, 2.45) is 5.92 Å². The second-order valence-corrected chi connectivity index (χ2v) is 5.06. The van der Waals surface area contributed by atoms with Gasteiger partial charge in [-0.25, -0.2) is 4.79 Å². The van der Waals surface area contributed by atoms with Gasteiger partial charge in [-0.05, 0) is 43.9 Å². The van der Waals surface area contributed by atoms with Gasteiger partial charge in [0, 0.05) is 6.04 Å². The Labute approximate surface area is 114 Å². The third kappa shape index (κ3) is 3.40. The van der Waals surface area contributed by atoms with Crippen LogP contribution in [0.4, 0.5) is 11.4 Å². The van der Waals surface area contributed by atoms with Crippen molar-refractivity contribution in [3.63, 3.8) is 0 Å². The highest BCUT2D eigenvalue weighted by atomic mass is 16.5. The highest BCUT2D eigenvalue weighted by molar-refractivity contribution is 5.92. The average molecular weight is 262 g/mol. The number of nitrogen functional groups attached to an aromatic ring is 1. The highest BCUT2D eigenvalue weighted by Gasteiger charge is 2.36. The van der Waals surface area contributed by atoms with Gasteiger partial charge in [0.25, 0.3) is 0 Å². The van der Waals surface area contributed by atoms with Crippen molar-refractivity contribution in [3.8, 4) is 0 Å². The number of carbonyl (C=O) groups is 1. The summed E-state index contributed by atoms with van der Waals surface area (Å²) in [7, 11) is 0. The van der Waals surface area contributed by atoms with Crippen LogP contribution in [-0.4, -0.2) is 18.6 Å². The first-order valence-corrected chi connectivity index (χ1v) is 6.98. The van der Waals surface area contributed by atoms with E-state index >= 15 is 0 Å². The molecular formula is C15H22N2O2. The highest BCUT2D eigenvalue weighted by Crippen LogP contribution is 2.38. The third-order valence-corrected chi connectivity index (χ3v) is 3.49. The lowest BCUT2D eigenvalue weighted by Crippen LogP contribution is -2.10. The Bertz CT molecular complexity index is 459. The molecule has 3 N–H and O–H groups in total. The zero-order valence-corrected chi connectivity index (χ0v) is 11.6. The van der Waals surface area contributed by atoms with E-state index < -0.39 is 0 Å². The van der Waals surface area contributed by atoms with Crippen molar-refractivity contribution >= 4 is 17.3 Å². The number of anilines is 2. The topological polar surface area (TPSA) is 64.3 Å². The summed E-state index contributed by atoms with van der Waals surface area (Å²) in [4.78, 5) is 11.7. The molecule has 0 bridgehead atoms. The maximum atomic E-state index is 11.7. The molecule has 2 unspecified atom stereocenters. The molecule has 104 valence electrons. The van der Waals surface area contributed by atoms with Gasteiger partial charge in [-0.2, -0.15) is 0 Å². The number of ether oxygens (including phenoxy) is 1.